The van der Waals surface area contributed by atoms with Crippen LogP contribution in [0.15, 0.2) is 35.9 Å². The number of methoxy groups -OCH3 is 2. The van der Waals surface area contributed by atoms with E-state index in [4.69, 9.17) is 9.47 Å². The van der Waals surface area contributed by atoms with E-state index in [1.165, 1.54) is 11.1 Å². The van der Waals surface area contributed by atoms with E-state index in [0.717, 1.165) is 22.6 Å². The Kier molecular flexibility index (Phi) is 4.38. The van der Waals surface area contributed by atoms with Gasteiger partial charge in [0.05, 0.1) is 14.2 Å². The summed E-state index contributed by atoms with van der Waals surface area (Å²) in [6, 6.07) is 5.92. The van der Waals surface area contributed by atoms with Crippen LogP contribution in [-0.2, 0) is 0 Å². The molecule has 0 N–H and O–H groups in total. The number of rotatable bonds is 4. The van der Waals surface area contributed by atoms with Crippen molar-refractivity contribution in [2.75, 3.05) is 14.2 Å². The summed E-state index contributed by atoms with van der Waals surface area (Å²) in [5, 5.41) is 0. The Morgan fingerprint density at radius 2 is 1.59 bits per heavy atom. The van der Waals surface area contributed by atoms with Gasteiger partial charge < -0.3 is 9.47 Å². The molecule has 0 aliphatic heterocycles. The Balaban J connectivity index is 3.33. The molecule has 1 aromatic rings. The SMILES string of the molecule is C=C(C)C(=C(C)C)c1ccc(OC)c(OC)c1. The highest BCUT2D eigenvalue weighted by Gasteiger charge is 2.09. The topological polar surface area (TPSA) is 18.5 Å². The van der Waals surface area contributed by atoms with E-state index in [9.17, 15) is 0 Å². The van der Waals surface area contributed by atoms with Crippen molar-refractivity contribution in [3.63, 3.8) is 0 Å². The highest BCUT2D eigenvalue weighted by molar-refractivity contribution is 5.80. The van der Waals surface area contributed by atoms with E-state index in [1.54, 1.807) is 14.2 Å². The Labute approximate surface area is 104 Å². The number of ether oxygens (including phenoxy) is 2. The monoisotopic (exact) mass is 232 g/mol. The first-order valence-electron chi connectivity index (χ1n) is 5.57. The van der Waals surface area contributed by atoms with Crippen LogP contribution in [0.4, 0.5) is 0 Å². The molecule has 0 fully saturated rings. The zero-order valence-electron chi connectivity index (χ0n) is 11.3. The van der Waals surface area contributed by atoms with Crippen LogP contribution >= 0.6 is 0 Å². The third kappa shape index (κ3) is 2.90. The summed E-state index contributed by atoms with van der Waals surface area (Å²) in [4.78, 5) is 0. The molecule has 17 heavy (non-hydrogen) atoms. The highest BCUT2D eigenvalue weighted by atomic mass is 16.5. The van der Waals surface area contributed by atoms with Crippen LogP contribution in [0.1, 0.15) is 26.3 Å². The number of hydrogen-bond donors (Lipinski definition) is 0. The summed E-state index contributed by atoms with van der Waals surface area (Å²) in [7, 11) is 3.28. The molecule has 2 heteroatoms. The van der Waals surface area contributed by atoms with Crippen LogP contribution in [-0.4, -0.2) is 14.2 Å². The standard InChI is InChI=1S/C15H20O2/c1-10(2)15(11(3)4)12-7-8-13(16-5)14(9-12)17-6/h7-9H,1H2,2-6H3. The van der Waals surface area contributed by atoms with Crippen molar-refractivity contribution in [3.05, 3.63) is 41.5 Å². The second kappa shape index (κ2) is 5.58. The molecule has 92 valence electrons. The summed E-state index contributed by atoms with van der Waals surface area (Å²) >= 11 is 0. The fourth-order valence-corrected chi connectivity index (χ4v) is 1.95. The number of allylic oxidation sites excluding steroid dienone is 3. The largest absolute Gasteiger partial charge is 0.493 e. The second-order valence-corrected chi connectivity index (χ2v) is 4.23. The van der Waals surface area contributed by atoms with Crippen LogP contribution in [0.25, 0.3) is 5.57 Å². The maximum Gasteiger partial charge on any atom is 0.161 e. The van der Waals surface area contributed by atoms with E-state index in [-0.39, 0.29) is 0 Å². The molecule has 0 aliphatic carbocycles. The molecule has 0 aliphatic rings. The molecule has 0 atom stereocenters. The van der Waals surface area contributed by atoms with E-state index < -0.39 is 0 Å². The van der Waals surface area contributed by atoms with Gasteiger partial charge in [-0.05, 0) is 44.0 Å². The maximum absolute atomic E-state index is 5.31. The second-order valence-electron chi connectivity index (χ2n) is 4.23. The van der Waals surface area contributed by atoms with Gasteiger partial charge >= 0.3 is 0 Å². The van der Waals surface area contributed by atoms with E-state index in [0.29, 0.717) is 0 Å². The van der Waals surface area contributed by atoms with Crippen LogP contribution in [0.3, 0.4) is 0 Å². The van der Waals surface area contributed by atoms with Crippen LogP contribution in [0.2, 0.25) is 0 Å². The zero-order chi connectivity index (χ0) is 13.0. The molecule has 0 saturated heterocycles. The van der Waals surface area contributed by atoms with Gasteiger partial charge in [-0.3, -0.25) is 0 Å². The van der Waals surface area contributed by atoms with E-state index in [2.05, 4.69) is 20.4 Å². The molecule has 0 heterocycles. The molecule has 0 bridgehead atoms. The van der Waals surface area contributed by atoms with Crippen LogP contribution in [0.5, 0.6) is 11.5 Å². The summed E-state index contributed by atoms with van der Waals surface area (Å²) in [6.07, 6.45) is 0. The van der Waals surface area contributed by atoms with Crippen LogP contribution in [0, 0.1) is 0 Å². The van der Waals surface area contributed by atoms with Crippen molar-refractivity contribution in [2.45, 2.75) is 20.8 Å². The van der Waals surface area contributed by atoms with Crippen molar-refractivity contribution in [1.29, 1.82) is 0 Å². The predicted octanol–water partition coefficient (Wildman–Crippen LogP) is 4.07. The lowest BCUT2D eigenvalue weighted by atomic mass is 9.95. The summed E-state index contributed by atoms with van der Waals surface area (Å²) in [5.74, 6) is 1.48. The number of benzene rings is 1. The summed E-state index contributed by atoms with van der Waals surface area (Å²) < 4.78 is 10.5. The van der Waals surface area contributed by atoms with Gasteiger partial charge in [-0.25, -0.2) is 0 Å². The molecule has 0 aromatic heterocycles. The fraction of sp³-hybridized carbons (Fsp3) is 0.333. The molecule has 1 rings (SSSR count). The normalized spacial score (nSPS) is 9.71. The lowest BCUT2D eigenvalue weighted by molar-refractivity contribution is 0.355. The molecule has 0 saturated carbocycles. The molecule has 0 amide bonds. The lowest BCUT2D eigenvalue weighted by Crippen LogP contribution is -1.94. The predicted molar refractivity (Wildman–Crippen MR) is 72.6 cm³/mol. The Bertz CT molecular complexity index is 452. The first kappa shape index (κ1) is 13.4. The minimum absolute atomic E-state index is 0.741. The van der Waals surface area contributed by atoms with Gasteiger partial charge in [0, 0.05) is 0 Å². The van der Waals surface area contributed by atoms with Gasteiger partial charge in [0.2, 0.25) is 0 Å². The minimum Gasteiger partial charge on any atom is -0.493 e. The third-order valence-corrected chi connectivity index (χ3v) is 2.60. The van der Waals surface area contributed by atoms with Crippen molar-refractivity contribution in [3.8, 4) is 11.5 Å². The first-order valence-corrected chi connectivity index (χ1v) is 5.57. The average Bonchev–Trinajstić information content (AvgIpc) is 2.27. The van der Waals surface area contributed by atoms with Gasteiger partial charge in [-0.15, -0.1) is 0 Å². The number of hydrogen-bond acceptors (Lipinski definition) is 2. The minimum atomic E-state index is 0.741. The molecular weight excluding hydrogens is 212 g/mol. The average molecular weight is 232 g/mol. The van der Waals surface area contributed by atoms with Gasteiger partial charge in [0.15, 0.2) is 11.5 Å². The Morgan fingerprint density at radius 3 is 2.00 bits per heavy atom. The first-order chi connectivity index (χ1) is 8.01. The lowest BCUT2D eigenvalue weighted by Gasteiger charge is -2.13. The van der Waals surface area contributed by atoms with Crippen molar-refractivity contribution >= 4 is 5.57 Å². The zero-order valence-corrected chi connectivity index (χ0v) is 11.3. The Morgan fingerprint density at radius 1 is 1.00 bits per heavy atom. The van der Waals surface area contributed by atoms with Gasteiger partial charge in [0.1, 0.15) is 0 Å². The smallest absolute Gasteiger partial charge is 0.161 e. The molecule has 0 spiro atoms. The van der Waals surface area contributed by atoms with Gasteiger partial charge in [-0.1, -0.05) is 23.8 Å². The maximum atomic E-state index is 5.31. The molecule has 0 radical (unpaired) electrons. The van der Waals surface area contributed by atoms with Crippen molar-refractivity contribution in [1.82, 2.24) is 0 Å². The van der Waals surface area contributed by atoms with Gasteiger partial charge in [-0.2, -0.15) is 0 Å². The summed E-state index contributed by atoms with van der Waals surface area (Å²) in [6.45, 7) is 10.2. The van der Waals surface area contributed by atoms with Crippen molar-refractivity contribution < 1.29 is 9.47 Å². The summed E-state index contributed by atoms with van der Waals surface area (Å²) in [5.41, 5.74) is 4.57. The molecular formula is C15H20O2. The molecule has 0 unspecified atom stereocenters. The van der Waals surface area contributed by atoms with Crippen LogP contribution < -0.4 is 9.47 Å². The molecule has 2 nitrogen and oxygen atoms in total. The molecule has 1 aromatic carbocycles. The van der Waals surface area contributed by atoms with Crippen molar-refractivity contribution in [2.24, 2.45) is 0 Å². The fourth-order valence-electron chi connectivity index (χ4n) is 1.95. The third-order valence-electron chi connectivity index (χ3n) is 2.60. The van der Waals surface area contributed by atoms with Gasteiger partial charge in [0.25, 0.3) is 0 Å². The quantitative estimate of drug-likeness (QED) is 0.728. The van der Waals surface area contributed by atoms with E-state index in [1.807, 2.05) is 25.1 Å². The Hall–Kier alpha value is -1.70. The highest BCUT2D eigenvalue weighted by Crippen LogP contribution is 2.33. The van der Waals surface area contributed by atoms with E-state index >= 15 is 0 Å².